The van der Waals surface area contributed by atoms with E-state index in [1.165, 1.54) is 11.8 Å². The molecule has 13 nitrogen and oxygen atoms in total. The number of urea groups is 1. The van der Waals surface area contributed by atoms with E-state index in [1.54, 1.807) is 54.1 Å². The van der Waals surface area contributed by atoms with Crippen LogP contribution in [0.25, 0.3) is 5.69 Å². The van der Waals surface area contributed by atoms with Gasteiger partial charge in [-0.25, -0.2) is 4.79 Å². The van der Waals surface area contributed by atoms with E-state index in [0.717, 1.165) is 11.1 Å². The molecule has 0 bridgehead atoms. The Bertz CT molecular complexity index is 1580. The Hall–Kier alpha value is -4.50. The fraction of sp³-hybridized carbons (Fsp3) is 0.323. The largest absolute Gasteiger partial charge is 0.508 e. The number of rotatable bonds is 11. The minimum absolute atomic E-state index is 0.0603. The monoisotopic (exact) mass is 634 g/mol. The number of tetrazole rings is 1. The average Bonchev–Trinajstić information content (AvgIpc) is 3.53. The van der Waals surface area contributed by atoms with Crippen LogP contribution in [0, 0.1) is 5.92 Å². The zero-order valence-electron chi connectivity index (χ0n) is 24.7. The molecular formula is C31H34N6O7S. The summed E-state index contributed by atoms with van der Waals surface area (Å²) < 4.78 is 19.5. The third-order valence-electron chi connectivity index (χ3n) is 7.15. The highest BCUT2D eigenvalue weighted by molar-refractivity contribution is 7.99. The molecule has 4 unspecified atom stereocenters. The number of esters is 1. The molecule has 0 aliphatic carbocycles. The van der Waals surface area contributed by atoms with Gasteiger partial charge in [0.1, 0.15) is 12.3 Å². The number of aliphatic hydroxyl groups is 1. The third-order valence-corrected chi connectivity index (χ3v) is 8.16. The first kappa shape index (κ1) is 31.9. The van der Waals surface area contributed by atoms with Gasteiger partial charge < -0.3 is 35.1 Å². The number of phenolic OH excluding ortho intramolecular Hbond substituents is 1. The lowest BCUT2D eigenvalue weighted by Gasteiger charge is -2.41. The average molecular weight is 635 g/mol. The third kappa shape index (κ3) is 8.16. The van der Waals surface area contributed by atoms with Crippen molar-refractivity contribution in [2.75, 3.05) is 24.2 Å². The molecule has 2 heterocycles. The summed E-state index contributed by atoms with van der Waals surface area (Å²) >= 11 is 1.43. The van der Waals surface area contributed by atoms with Crippen LogP contribution in [0.2, 0.25) is 0 Å². The summed E-state index contributed by atoms with van der Waals surface area (Å²) in [7, 11) is 0. The molecule has 1 aliphatic rings. The standard InChI is InChI=1S/C31H34N6O7S/c1-3-42-27(40)16-32-30(41)33-23-6-4-5-22(15-23)29-43-26(19(2)28(44-29)21-9-7-20(17-38)8-10-21)18-45-31-34-35-36-37(31)24-11-13-25(39)14-12-24/h4-15,19,26,28-29,38-39H,3,16-18H2,1-2H3,(H2,32,33,41). The zero-order chi connectivity index (χ0) is 31.8. The van der Waals surface area contributed by atoms with Crippen LogP contribution in [0.1, 0.15) is 42.9 Å². The van der Waals surface area contributed by atoms with E-state index < -0.39 is 18.3 Å². The second kappa shape index (κ2) is 15.0. The predicted octanol–water partition coefficient (Wildman–Crippen LogP) is 4.13. The van der Waals surface area contributed by atoms with Gasteiger partial charge in [0, 0.05) is 22.9 Å². The Labute approximate surface area is 263 Å². The first-order valence-corrected chi connectivity index (χ1v) is 15.3. The molecule has 4 atom stereocenters. The van der Waals surface area contributed by atoms with E-state index in [0.29, 0.717) is 27.8 Å². The molecule has 0 saturated carbocycles. The number of aromatic hydroxyl groups is 1. The summed E-state index contributed by atoms with van der Waals surface area (Å²) in [4.78, 5) is 24.0. The van der Waals surface area contributed by atoms with E-state index in [4.69, 9.17) is 14.2 Å². The fourth-order valence-electron chi connectivity index (χ4n) is 4.79. The van der Waals surface area contributed by atoms with Crippen molar-refractivity contribution < 1.29 is 34.0 Å². The molecule has 0 radical (unpaired) electrons. The molecule has 45 heavy (non-hydrogen) atoms. The molecule has 236 valence electrons. The number of ether oxygens (including phenoxy) is 3. The molecule has 1 aliphatic heterocycles. The highest BCUT2D eigenvalue weighted by Gasteiger charge is 2.38. The second-order valence-electron chi connectivity index (χ2n) is 10.3. The highest BCUT2D eigenvalue weighted by Crippen LogP contribution is 2.43. The number of hydrogen-bond donors (Lipinski definition) is 4. The Morgan fingerprint density at radius 2 is 1.82 bits per heavy atom. The summed E-state index contributed by atoms with van der Waals surface area (Å²) in [6, 6.07) is 20.8. The minimum atomic E-state index is -0.772. The van der Waals surface area contributed by atoms with Crippen LogP contribution in [-0.2, 0) is 25.6 Å². The summed E-state index contributed by atoms with van der Waals surface area (Å²) in [5, 5.41) is 37.1. The van der Waals surface area contributed by atoms with Gasteiger partial charge in [0.25, 0.3) is 0 Å². The summed E-state index contributed by atoms with van der Waals surface area (Å²) in [6.45, 7) is 3.67. The number of benzene rings is 3. The van der Waals surface area contributed by atoms with Gasteiger partial charge in [-0.15, -0.1) is 5.10 Å². The number of phenols is 1. The number of aliphatic hydroxyl groups excluding tert-OH is 1. The second-order valence-corrected chi connectivity index (χ2v) is 11.2. The van der Waals surface area contributed by atoms with Gasteiger partial charge in [-0.2, -0.15) is 4.68 Å². The molecule has 1 saturated heterocycles. The van der Waals surface area contributed by atoms with Crippen LogP contribution < -0.4 is 10.6 Å². The quantitative estimate of drug-likeness (QED) is 0.138. The fourth-order valence-corrected chi connectivity index (χ4v) is 5.85. The van der Waals surface area contributed by atoms with Gasteiger partial charge in [-0.3, -0.25) is 4.79 Å². The van der Waals surface area contributed by atoms with Crippen molar-refractivity contribution in [1.82, 2.24) is 25.5 Å². The van der Waals surface area contributed by atoms with E-state index >= 15 is 0 Å². The van der Waals surface area contributed by atoms with Crippen molar-refractivity contribution in [1.29, 1.82) is 0 Å². The van der Waals surface area contributed by atoms with Crippen molar-refractivity contribution in [2.24, 2.45) is 5.92 Å². The molecule has 3 aromatic carbocycles. The molecule has 2 amide bonds. The first-order chi connectivity index (χ1) is 21.8. The molecule has 14 heteroatoms. The van der Waals surface area contributed by atoms with Crippen LogP contribution in [0.4, 0.5) is 10.5 Å². The van der Waals surface area contributed by atoms with E-state index in [-0.39, 0.29) is 43.6 Å². The normalized spacial score (nSPS) is 19.5. The molecule has 0 spiro atoms. The summed E-state index contributed by atoms with van der Waals surface area (Å²) in [5.74, 6) is 0.0327. The number of carbonyl (C=O) groups is 2. The van der Waals surface area contributed by atoms with Crippen LogP contribution in [0.15, 0.2) is 78.0 Å². The van der Waals surface area contributed by atoms with Crippen molar-refractivity contribution in [3.8, 4) is 11.4 Å². The Morgan fingerprint density at radius 1 is 1.04 bits per heavy atom. The van der Waals surface area contributed by atoms with Crippen LogP contribution >= 0.6 is 11.8 Å². The van der Waals surface area contributed by atoms with Crippen molar-refractivity contribution in [3.05, 3.63) is 89.5 Å². The van der Waals surface area contributed by atoms with E-state index in [2.05, 4.69) is 33.1 Å². The van der Waals surface area contributed by atoms with E-state index in [1.807, 2.05) is 30.3 Å². The number of nitrogens with one attached hydrogen (secondary N) is 2. The number of carbonyl (C=O) groups excluding carboxylic acids is 2. The summed E-state index contributed by atoms with van der Waals surface area (Å²) in [6.07, 6.45) is -1.42. The van der Waals surface area contributed by atoms with E-state index in [9.17, 15) is 19.8 Å². The molecular weight excluding hydrogens is 600 g/mol. The Balaban J connectivity index is 1.34. The van der Waals surface area contributed by atoms with Crippen LogP contribution in [0.3, 0.4) is 0 Å². The maximum atomic E-state index is 12.4. The topological polar surface area (TPSA) is 170 Å². The lowest BCUT2D eigenvalue weighted by molar-refractivity contribution is -0.268. The van der Waals surface area contributed by atoms with Gasteiger partial charge in [-0.1, -0.05) is 55.1 Å². The maximum Gasteiger partial charge on any atom is 0.325 e. The molecule has 4 N–H and O–H groups in total. The Morgan fingerprint density at radius 3 is 2.56 bits per heavy atom. The molecule has 1 fully saturated rings. The van der Waals surface area contributed by atoms with Gasteiger partial charge in [-0.05, 0) is 64.9 Å². The first-order valence-electron chi connectivity index (χ1n) is 14.4. The number of thioether (sulfide) groups is 1. The molecule has 5 rings (SSSR count). The van der Waals surface area contributed by atoms with Crippen molar-refractivity contribution >= 4 is 29.4 Å². The van der Waals surface area contributed by atoms with Gasteiger partial charge in [0.05, 0.1) is 31.1 Å². The van der Waals surface area contributed by atoms with Crippen LogP contribution in [0.5, 0.6) is 5.75 Å². The molecule has 4 aromatic rings. The van der Waals surface area contributed by atoms with Gasteiger partial charge in [0.15, 0.2) is 6.29 Å². The number of anilines is 1. The minimum Gasteiger partial charge on any atom is -0.508 e. The number of amides is 2. The number of aromatic nitrogens is 4. The van der Waals surface area contributed by atoms with Gasteiger partial charge in [0.2, 0.25) is 5.16 Å². The predicted molar refractivity (Wildman–Crippen MR) is 165 cm³/mol. The van der Waals surface area contributed by atoms with Crippen molar-refractivity contribution in [3.63, 3.8) is 0 Å². The lowest BCUT2D eigenvalue weighted by atomic mass is 9.91. The highest BCUT2D eigenvalue weighted by atomic mass is 32.2. The smallest absolute Gasteiger partial charge is 0.325 e. The SMILES string of the molecule is CCOC(=O)CNC(=O)Nc1cccc(C2OC(CSc3nnnn3-c3ccc(O)cc3)C(C)C(c3ccc(CO)cc3)O2)c1. The lowest BCUT2D eigenvalue weighted by Crippen LogP contribution is -2.38. The molecule has 1 aromatic heterocycles. The van der Waals surface area contributed by atoms with Crippen LogP contribution in [-0.4, -0.2) is 67.4 Å². The van der Waals surface area contributed by atoms with Gasteiger partial charge >= 0.3 is 12.0 Å². The maximum absolute atomic E-state index is 12.4. The summed E-state index contributed by atoms with van der Waals surface area (Å²) in [5.41, 5.74) is 3.61. The number of hydrogen-bond acceptors (Lipinski definition) is 11. The van der Waals surface area contributed by atoms with Crippen molar-refractivity contribution in [2.45, 2.75) is 44.1 Å². The Kier molecular flexibility index (Phi) is 10.6. The number of nitrogens with zero attached hydrogens (tertiary/aromatic N) is 4. The zero-order valence-corrected chi connectivity index (χ0v) is 25.5.